The average molecular weight is 211 g/mol. The van der Waals surface area contributed by atoms with E-state index < -0.39 is 0 Å². The Labute approximate surface area is 93.9 Å². The van der Waals surface area contributed by atoms with E-state index >= 15 is 0 Å². The summed E-state index contributed by atoms with van der Waals surface area (Å²) in [4.78, 5) is 10.4. The van der Waals surface area contributed by atoms with Gasteiger partial charge >= 0.3 is 0 Å². The van der Waals surface area contributed by atoms with Crippen LogP contribution in [0.25, 0.3) is 0 Å². The van der Waals surface area contributed by atoms with Crippen molar-refractivity contribution in [1.82, 2.24) is 0 Å². The number of carbonyl (C=O) groups is 1. The van der Waals surface area contributed by atoms with Crippen molar-refractivity contribution in [3.63, 3.8) is 0 Å². The number of nitrogens with two attached hydrogens (primary N) is 1. The number of amides is 1. The van der Waals surface area contributed by atoms with Crippen molar-refractivity contribution >= 4 is 5.91 Å². The molecule has 0 saturated carbocycles. The third kappa shape index (κ3) is 13.2. The molecule has 2 nitrogen and oxygen atoms in total. The summed E-state index contributed by atoms with van der Waals surface area (Å²) in [6.07, 6.45) is 14.7. The minimum atomic E-state index is -0.209. The predicted octanol–water partition coefficient (Wildman–Crippen LogP) is 3.56. The maximum Gasteiger partial charge on any atom is 0.217 e. The number of allylic oxidation sites excluding steroid dienone is 2. The van der Waals surface area contributed by atoms with Crippen LogP contribution < -0.4 is 5.73 Å². The zero-order valence-corrected chi connectivity index (χ0v) is 10.0. The number of hydrogen-bond acceptors (Lipinski definition) is 1. The molecule has 0 heterocycles. The SMILES string of the molecule is CCCCCCCCC=CCCC(N)=O. The number of carbonyl (C=O) groups excluding carboxylic acids is 1. The quantitative estimate of drug-likeness (QED) is 0.436. The number of hydrogen-bond donors (Lipinski definition) is 1. The van der Waals surface area contributed by atoms with E-state index in [-0.39, 0.29) is 5.91 Å². The molecule has 0 aliphatic carbocycles. The van der Waals surface area contributed by atoms with Crippen LogP contribution in [0.4, 0.5) is 0 Å². The molecule has 0 aliphatic heterocycles. The van der Waals surface area contributed by atoms with E-state index in [1.807, 2.05) is 0 Å². The Morgan fingerprint density at radius 1 is 1.00 bits per heavy atom. The van der Waals surface area contributed by atoms with Crippen LogP contribution in [-0.2, 0) is 4.79 Å². The van der Waals surface area contributed by atoms with E-state index in [9.17, 15) is 4.79 Å². The second-order valence-corrected chi connectivity index (χ2v) is 4.03. The standard InChI is InChI=1S/C13H25NO/c1-2-3-4-5-6-7-8-9-10-11-12-13(14)15/h9-10H,2-8,11-12H2,1H3,(H2,14,15). The van der Waals surface area contributed by atoms with Gasteiger partial charge in [-0.15, -0.1) is 0 Å². The second kappa shape index (κ2) is 11.3. The largest absolute Gasteiger partial charge is 0.370 e. The molecule has 0 spiro atoms. The van der Waals surface area contributed by atoms with E-state index in [1.165, 1.54) is 38.5 Å². The minimum Gasteiger partial charge on any atom is -0.370 e. The fourth-order valence-corrected chi connectivity index (χ4v) is 1.50. The highest BCUT2D eigenvalue weighted by Crippen LogP contribution is 2.07. The fourth-order valence-electron chi connectivity index (χ4n) is 1.50. The van der Waals surface area contributed by atoms with Crippen LogP contribution in [0.5, 0.6) is 0 Å². The molecule has 0 aromatic carbocycles. The summed E-state index contributed by atoms with van der Waals surface area (Å²) in [7, 11) is 0. The molecule has 0 saturated heterocycles. The van der Waals surface area contributed by atoms with Crippen LogP contribution in [0, 0.1) is 0 Å². The van der Waals surface area contributed by atoms with Gasteiger partial charge in [-0.05, 0) is 19.3 Å². The molecule has 0 rings (SSSR count). The molecule has 0 aromatic heterocycles. The molecule has 0 aliphatic rings. The molecule has 0 bridgehead atoms. The average Bonchev–Trinajstić information content (AvgIpc) is 2.20. The van der Waals surface area contributed by atoms with Gasteiger partial charge in [0.1, 0.15) is 0 Å². The van der Waals surface area contributed by atoms with Gasteiger partial charge < -0.3 is 5.73 Å². The normalized spacial score (nSPS) is 11.0. The zero-order chi connectivity index (χ0) is 11.4. The first-order valence-corrected chi connectivity index (χ1v) is 6.20. The summed E-state index contributed by atoms with van der Waals surface area (Å²) in [5.74, 6) is -0.209. The molecule has 1 amide bonds. The minimum absolute atomic E-state index is 0.209. The Kier molecular flexibility index (Phi) is 10.7. The summed E-state index contributed by atoms with van der Waals surface area (Å²) in [6, 6.07) is 0. The summed E-state index contributed by atoms with van der Waals surface area (Å²) >= 11 is 0. The Hall–Kier alpha value is -0.790. The molecule has 88 valence electrons. The molecule has 0 fully saturated rings. The van der Waals surface area contributed by atoms with Gasteiger partial charge in [0.25, 0.3) is 0 Å². The monoisotopic (exact) mass is 211 g/mol. The molecule has 0 radical (unpaired) electrons. The van der Waals surface area contributed by atoms with Crippen molar-refractivity contribution in [1.29, 1.82) is 0 Å². The third-order valence-corrected chi connectivity index (χ3v) is 2.45. The highest BCUT2D eigenvalue weighted by Gasteiger charge is 1.90. The van der Waals surface area contributed by atoms with Crippen LogP contribution in [0.2, 0.25) is 0 Å². The van der Waals surface area contributed by atoms with E-state index in [0.717, 1.165) is 12.8 Å². The van der Waals surface area contributed by atoms with Crippen LogP contribution in [-0.4, -0.2) is 5.91 Å². The van der Waals surface area contributed by atoms with Crippen molar-refractivity contribution in [3.8, 4) is 0 Å². The van der Waals surface area contributed by atoms with Gasteiger partial charge in [0.2, 0.25) is 5.91 Å². The van der Waals surface area contributed by atoms with Gasteiger partial charge in [-0.2, -0.15) is 0 Å². The van der Waals surface area contributed by atoms with Crippen molar-refractivity contribution in [3.05, 3.63) is 12.2 Å². The van der Waals surface area contributed by atoms with E-state index in [4.69, 9.17) is 5.73 Å². The summed E-state index contributed by atoms with van der Waals surface area (Å²) < 4.78 is 0. The lowest BCUT2D eigenvalue weighted by atomic mass is 10.1. The third-order valence-electron chi connectivity index (χ3n) is 2.45. The number of unbranched alkanes of at least 4 members (excludes halogenated alkanes) is 6. The lowest BCUT2D eigenvalue weighted by molar-refractivity contribution is -0.117. The first-order chi connectivity index (χ1) is 7.27. The molecular formula is C13H25NO. The van der Waals surface area contributed by atoms with Crippen molar-refractivity contribution < 1.29 is 4.79 Å². The first kappa shape index (κ1) is 14.2. The van der Waals surface area contributed by atoms with Crippen LogP contribution in [0.15, 0.2) is 12.2 Å². The maximum atomic E-state index is 10.4. The predicted molar refractivity (Wildman–Crippen MR) is 65.6 cm³/mol. The first-order valence-electron chi connectivity index (χ1n) is 6.20. The van der Waals surface area contributed by atoms with Crippen LogP contribution in [0.1, 0.15) is 64.7 Å². The summed E-state index contributed by atoms with van der Waals surface area (Å²) in [5.41, 5.74) is 5.03. The molecular weight excluding hydrogens is 186 g/mol. The Morgan fingerprint density at radius 2 is 1.60 bits per heavy atom. The highest BCUT2D eigenvalue weighted by atomic mass is 16.1. The van der Waals surface area contributed by atoms with Gasteiger partial charge in [0.05, 0.1) is 0 Å². The van der Waals surface area contributed by atoms with Gasteiger partial charge in [0, 0.05) is 6.42 Å². The smallest absolute Gasteiger partial charge is 0.217 e. The molecule has 2 N–H and O–H groups in total. The zero-order valence-electron chi connectivity index (χ0n) is 10.0. The van der Waals surface area contributed by atoms with Gasteiger partial charge in [-0.25, -0.2) is 0 Å². The molecule has 15 heavy (non-hydrogen) atoms. The topological polar surface area (TPSA) is 43.1 Å². The van der Waals surface area contributed by atoms with Gasteiger partial charge in [0.15, 0.2) is 0 Å². The Bertz CT molecular complexity index is 175. The van der Waals surface area contributed by atoms with Gasteiger partial charge in [-0.3, -0.25) is 4.79 Å². The summed E-state index contributed by atoms with van der Waals surface area (Å²) in [6.45, 7) is 2.24. The number of rotatable bonds is 10. The fraction of sp³-hybridized carbons (Fsp3) is 0.769. The number of primary amides is 1. The lowest BCUT2D eigenvalue weighted by Gasteiger charge is -1.97. The van der Waals surface area contributed by atoms with Gasteiger partial charge in [-0.1, -0.05) is 51.2 Å². The van der Waals surface area contributed by atoms with E-state index in [0.29, 0.717) is 6.42 Å². The van der Waals surface area contributed by atoms with Crippen molar-refractivity contribution in [2.24, 2.45) is 5.73 Å². The maximum absolute atomic E-state index is 10.4. The second-order valence-electron chi connectivity index (χ2n) is 4.03. The molecule has 0 atom stereocenters. The van der Waals surface area contributed by atoms with E-state index in [2.05, 4.69) is 19.1 Å². The lowest BCUT2D eigenvalue weighted by Crippen LogP contribution is -2.08. The molecule has 0 unspecified atom stereocenters. The van der Waals surface area contributed by atoms with Crippen molar-refractivity contribution in [2.75, 3.05) is 0 Å². The Balaban J connectivity index is 3.06. The highest BCUT2D eigenvalue weighted by molar-refractivity contribution is 5.73. The van der Waals surface area contributed by atoms with Crippen molar-refractivity contribution in [2.45, 2.75) is 64.7 Å². The van der Waals surface area contributed by atoms with E-state index in [1.54, 1.807) is 0 Å². The van der Waals surface area contributed by atoms with Crippen LogP contribution in [0.3, 0.4) is 0 Å². The Morgan fingerprint density at radius 3 is 2.27 bits per heavy atom. The molecule has 0 aromatic rings. The van der Waals surface area contributed by atoms with Crippen LogP contribution >= 0.6 is 0 Å². The summed E-state index contributed by atoms with van der Waals surface area (Å²) in [5, 5.41) is 0. The molecule has 2 heteroatoms.